The second kappa shape index (κ2) is 56.1. The van der Waals surface area contributed by atoms with Crippen molar-refractivity contribution >= 4 is 39.5 Å². The minimum atomic E-state index is -4.95. The number of carbonyl (C=O) groups excluding carboxylic acids is 4. The van der Waals surface area contributed by atoms with Crippen LogP contribution < -0.4 is 0 Å². The van der Waals surface area contributed by atoms with Crippen LogP contribution in [0.1, 0.15) is 319 Å². The van der Waals surface area contributed by atoms with Crippen molar-refractivity contribution in [2.24, 2.45) is 23.7 Å². The molecule has 0 radical (unpaired) electrons. The van der Waals surface area contributed by atoms with Crippen molar-refractivity contribution in [1.82, 2.24) is 0 Å². The van der Waals surface area contributed by atoms with Crippen molar-refractivity contribution in [3.05, 3.63) is 0 Å². The molecule has 0 amide bonds. The van der Waals surface area contributed by atoms with Crippen LogP contribution in [0.5, 0.6) is 0 Å². The zero-order valence-electron chi connectivity index (χ0n) is 55.2. The lowest BCUT2D eigenvalue weighted by molar-refractivity contribution is -0.161. The fraction of sp³-hybridized carbons (Fsp3) is 0.939. The summed E-state index contributed by atoms with van der Waals surface area (Å²) >= 11 is 0. The normalized spacial score (nSPS) is 14.7. The molecule has 0 aliphatic heterocycles. The summed E-state index contributed by atoms with van der Waals surface area (Å²) in [5.41, 5.74) is 0. The first-order valence-corrected chi connectivity index (χ1v) is 37.2. The van der Waals surface area contributed by atoms with Crippen LogP contribution >= 0.6 is 15.6 Å². The Morgan fingerprint density at radius 1 is 0.329 bits per heavy atom. The molecule has 504 valence electrons. The molecule has 19 heteroatoms. The lowest BCUT2D eigenvalue weighted by atomic mass is 10.00. The van der Waals surface area contributed by atoms with Crippen molar-refractivity contribution in [2.75, 3.05) is 39.6 Å². The Morgan fingerprint density at radius 2 is 0.565 bits per heavy atom. The van der Waals surface area contributed by atoms with Crippen LogP contribution in [0.4, 0.5) is 0 Å². The first-order valence-electron chi connectivity index (χ1n) is 34.2. The standard InChI is InChI=1S/C66H128O17P2/c1-9-59(8)45-37-29-24-25-33-41-49-66(71)83-62(53-76-63(68)46-38-30-21-15-11-10-13-18-26-34-42-56(2)3)55-81-85(74,75)79-51-60(67)50-78-84(72,73)80-54-61(52-77-64(69)47-39-31-23-17-20-28-36-44-58(6)7)82-65(70)48-40-32-22-16-12-14-19-27-35-43-57(4)5/h56-62,67H,9-55H2,1-8H3,(H,72,73)(H,74,75)/t59?,60?,61-,62-/m1/s1. The van der Waals surface area contributed by atoms with E-state index in [1.54, 1.807) is 0 Å². The maximum absolute atomic E-state index is 13.0. The van der Waals surface area contributed by atoms with E-state index in [1.165, 1.54) is 116 Å². The number of carbonyl (C=O) groups is 4. The van der Waals surface area contributed by atoms with Gasteiger partial charge in [-0.1, -0.05) is 267 Å². The summed E-state index contributed by atoms with van der Waals surface area (Å²) in [6.07, 6.45) is 36.3. The van der Waals surface area contributed by atoms with Gasteiger partial charge in [-0.05, 0) is 49.4 Å². The fourth-order valence-electron chi connectivity index (χ4n) is 9.75. The third-order valence-corrected chi connectivity index (χ3v) is 17.3. The van der Waals surface area contributed by atoms with Gasteiger partial charge in [-0.25, -0.2) is 9.13 Å². The number of aliphatic hydroxyl groups is 1. The first-order chi connectivity index (χ1) is 40.6. The van der Waals surface area contributed by atoms with Crippen LogP contribution in [0.25, 0.3) is 0 Å². The molecule has 0 heterocycles. The maximum atomic E-state index is 13.0. The highest BCUT2D eigenvalue weighted by Gasteiger charge is 2.30. The summed E-state index contributed by atoms with van der Waals surface area (Å²) in [6, 6.07) is 0. The fourth-order valence-corrected chi connectivity index (χ4v) is 11.3. The van der Waals surface area contributed by atoms with Gasteiger partial charge in [-0.15, -0.1) is 0 Å². The molecule has 0 saturated heterocycles. The zero-order chi connectivity index (χ0) is 63.2. The largest absolute Gasteiger partial charge is 0.472 e. The first kappa shape index (κ1) is 83.1. The van der Waals surface area contributed by atoms with E-state index in [9.17, 15) is 43.2 Å². The van der Waals surface area contributed by atoms with E-state index in [4.69, 9.17) is 37.0 Å². The molecule has 4 unspecified atom stereocenters. The molecule has 85 heavy (non-hydrogen) atoms. The van der Waals surface area contributed by atoms with E-state index in [2.05, 4.69) is 55.4 Å². The van der Waals surface area contributed by atoms with Gasteiger partial charge in [-0.3, -0.25) is 37.3 Å². The Morgan fingerprint density at radius 3 is 0.835 bits per heavy atom. The molecule has 6 atom stereocenters. The molecule has 0 saturated carbocycles. The number of hydrogen-bond donors (Lipinski definition) is 3. The minimum Gasteiger partial charge on any atom is -0.462 e. The number of ether oxygens (including phenoxy) is 4. The SMILES string of the molecule is CCC(C)CCCCCCCCC(=O)O[C@H](COC(=O)CCCCCCCCCCCCC(C)C)COP(=O)(O)OCC(O)COP(=O)(O)OC[C@@H](COC(=O)CCCCCCCCCC(C)C)OC(=O)CCCCCCCCCCCC(C)C. The minimum absolute atomic E-state index is 0.102. The van der Waals surface area contributed by atoms with Gasteiger partial charge in [-0.2, -0.15) is 0 Å². The van der Waals surface area contributed by atoms with Gasteiger partial charge in [0.15, 0.2) is 12.2 Å². The Kier molecular flexibility index (Phi) is 54.8. The highest BCUT2D eigenvalue weighted by atomic mass is 31.2. The van der Waals surface area contributed by atoms with Gasteiger partial charge < -0.3 is 33.8 Å². The number of rotatable bonds is 63. The monoisotopic (exact) mass is 1250 g/mol. The molecular formula is C66H128O17P2. The Balaban J connectivity index is 5.25. The van der Waals surface area contributed by atoms with Crippen molar-refractivity contribution < 1.29 is 80.2 Å². The van der Waals surface area contributed by atoms with Crippen LogP contribution in [-0.4, -0.2) is 96.7 Å². The highest BCUT2D eigenvalue weighted by molar-refractivity contribution is 7.47. The summed E-state index contributed by atoms with van der Waals surface area (Å²) in [6.45, 7) is 14.0. The van der Waals surface area contributed by atoms with Gasteiger partial charge in [0.25, 0.3) is 0 Å². The number of phosphoric acid groups is 2. The van der Waals surface area contributed by atoms with E-state index < -0.39 is 97.5 Å². The maximum Gasteiger partial charge on any atom is 0.472 e. The third kappa shape index (κ3) is 59.5. The molecule has 3 N–H and O–H groups in total. The van der Waals surface area contributed by atoms with Crippen molar-refractivity contribution in [1.29, 1.82) is 0 Å². The summed E-state index contributed by atoms with van der Waals surface area (Å²) < 4.78 is 68.1. The summed E-state index contributed by atoms with van der Waals surface area (Å²) in [5.74, 6) is 0.782. The average molecular weight is 1260 g/mol. The van der Waals surface area contributed by atoms with Crippen molar-refractivity contribution in [3.63, 3.8) is 0 Å². The van der Waals surface area contributed by atoms with Gasteiger partial charge in [0.1, 0.15) is 19.3 Å². The molecule has 0 aromatic heterocycles. The number of unbranched alkanes of at least 4 members (excludes halogenated alkanes) is 28. The van der Waals surface area contributed by atoms with Crippen LogP contribution in [0.15, 0.2) is 0 Å². The second-order valence-electron chi connectivity index (χ2n) is 25.5. The number of hydrogen-bond acceptors (Lipinski definition) is 15. The zero-order valence-corrected chi connectivity index (χ0v) is 57.0. The van der Waals surface area contributed by atoms with E-state index in [1.807, 2.05) is 0 Å². The van der Waals surface area contributed by atoms with Crippen LogP contribution in [0.2, 0.25) is 0 Å². The van der Waals surface area contributed by atoms with Gasteiger partial charge in [0, 0.05) is 25.7 Å². The van der Waals surface area contributed by atoms with Crippen molar-refractivity contribution in [2.45, 2.75) is 337 Å². The Labute approximate surface area is 517 Å². The highest BCUT2D eigenvalue weighted by Crippen LogP contribution is 2.45. The molecule has 0 bridgehead atoms. The van der Waals surface area contributed by atoms with Gasteiger partial charge in [0.05, 0.1) is 26.4 Å². The molecule has 0 aliphatic carbocycles. The molecular weight excluding hydrogens is 1130 g/mol. The molecule has 17 nitrogen and oxygen atoms in total. The molecule has 0 fully saturated rings. The predicted molar refractivity (Wildman–Crippen MR) is 340 cm³/mol. The van der Waals surface area contributed by atoms with E-state index >= 15 is 0 Å². The molecule has 0 spiro atoms. The number of phosphoric ester groups is 2. The molecule has 0 aromatic rings. The van der Waals surface area contributed by atoms with Crippen LogP contribution in [0.3, 0.4) is 0 Å². The summed E-state index contributed by atoms with van der Waals surface area (Å²) in [4.78, 5) is 72.3. The predicted octanol–water partition coefficient (Wildman–Crippen LogP) is 18.1. The van der Waals surface area contributed by atoms with Crippen LogP contribution in [0, 0.1) is 23.7 Å². The number of esters is 4. The molecule has 0 rings (SSSR count). The lowest BCUT2D eigenvalue weighted by Gasteiger charge is -2.21. The number of aliphatic hydroxyl groups excluding tert-OH is 1. The van der Waals surface area contributed by atoms with Gasteiger partial charge in [0.2, 0.25) is 0 Å². The Hall–Kier alpha value is -1.94. The molecule has 0 aliphatic rings. The topological polar surface area (TPSA) is 237 Å². The average Bonchev–Trinajstić information content (AvgIpc) is 3.48. The second-order valence-corrected chi connectivity index (χ2v) is 28.4. The third-order valence-electron chi connectivity index (χ3n) is 15.4. The van der Waals surface area contributed by atoms with Crippen molar-refractivity contribution in [3.8, 4) is 0 Å². The van der Waals surface area contributed by atoms with E-state index in [0.717, 1.165) is 114 Å². The smallest absolute Gasteiger partial charge is 0.462 e. The quantitative estimate of drug-likeness (QED) is 0.0222. The summed E-state index contributed by atoms with van der Waals surface area (Å²) in [7, 11) is -9.89. The van der Waals surface area contributed by atoms with Crippen LogP contribution in [-0.2, 0) is 65.4 Å². The Bertz CT molecular complexity index is 1700. The summed E-state index contributed by atoms with van der Waals surface area (Å²) in [5, 5.41) is 10.5. The van der Waals surface area contributed by atoms with E-state index in [-0.39, 0.29) is 25.7 Å². The molecule has 0 aromatic carbocycles. The lowest BCUT2D eigenvalue weighted by Crippen LogP contribution is -2.30. The van der Waals surface area contributed by atoms with E-state index in [0.29, 0.717) is 31.6 Å². The van der Waals surface area contributed by atoms with Gasteiger partial charge >= 0.3 is 39.5 Å².